The first kappa shape index (κ1) is 13.8. The van der Waals surface area contributed by atoms with Crippen molar-refractivity contribution >= 4 is 5.91 Å². The summed E-state index contributed by atoms with van der Waals surface area (Å²) in [7, 11) is 0. The van der Waals surface area contributed by atoms with Crippen LogP contribution >= 0.6 is 0 Å². The highest BCUT2D eigenvalue weighted by Crippen LogP contribution is 2.29. The van der Waals surface area contributed by atoms with Crippen LogP contribution in [-0.2, 0) is 11.3 Å². The van der Waals surface area contributed by atoms with Gasteiger partial charge in [0, 0.05) is 13.1 Å². The van der Waals surface area contributed by atoms with Gasteiger partial charge in [0.15, 0.2) is 0 Å². The lowest BCUT2D eigenvalue weighted by Crippen LogP contribution is -2.39. The number of amides is 1. The maximum atomic E-state index is 13.0. The number of hydrogen-bond acceptors (Lipinski definition) is 1. The summed E-state index contributed by atoms with van der Waals surface area (Å²) >= 11 is 0. The summed E-state index contributed by atoms with van der Waals surface area (Å²) in [5.74, 6) is -0.247. The Balaban J connectivity index is 1.76. The Morgan fingerprint density at radius 1 is 1.05 bits per heavy atom. The lowest BCUT2D eigenvalue weighted by Gasteiger charge is -2.32. The van der Waals surface area contributed by atoms with Gasteiger partial charge in [0.2, 0.25) is 5.91 Å². The van der Waals surface area contributed by atoms with Gasteiger partial charge in [-0.2, -0.15) is 0 Å². The number of likely N-dealkylation sites (tertiary alicyclic amines) is 1. The van der Waals surface area contributed by atoms with Gasteiger partial charge < -0.3 is 4.90 Å². The minimum Gasteiger partial charge on any atom is -0.338 e. The Bertz CT molecular complexity index is 609. The Kier molecular flexibility index (Phi) is 4.00. The zero-order valence-corrected chi connectivity index (χ0v) is 11.8. The second-order valence-corrected chi connectivity index (χ2v) is 5.49. The smallest absolute Gasteiger partial charge is 0.230 e. The van der Waals surface area contributed by atoms with Gasteiger partial charge in [0.25, 0.3) is 0 Å². The molecule has 0 N–H and O–H groups in total. The second kappa shape index (κ2) is 6.08. The quantitative estimate of drug-likeness (QED) is 0.840. The van der Waals surface area contributed by atoms with E-state index in [1.165, 1.54) is 12.1 Å². The summed E-state index contributed by atoms with van der Waals surface area (Å²) in [5, 5.41) is 0. The number of rotatable bonds is 3. The molecule has 1 amide bonds. The fraction of sp³-hybridized carbons (Fsp3) is 0.278. The molecule has 0 unspecified atom stereocenters. The lowest BCUT2D eigenvalue weighted by molar-refractivity contribution is -0.135. The average Bonchev–Trinajstić information content (AvgIpc) is 2.52. The van der Waals surface area contributed by atoms with E-state index in [1.54, 1.807) is 12.1 Å². The summed E-state index contributed by atoms with van der Waals surface area (Å²) in [5.41, 5.74) is 2.06. The van der Waals surface area contributed by atoms with Gasteiger partial charge in [-0.05, 0) is 36.1 Å². The van der Waals surface area contributed by atoms with Gasteiger partial charge in [0.05, 0.1) is 5.92 Å². The molecule has 108 valence electrons. The van der Waals surface area contributed by atoms with E-state index < -0.39 is 0 Å². The van der Waals surface area contributed by atoms with E-state index in [9.17, 15) is 9.18 Å². The molecule has 1 aliphatic heterocycles. The molecular weight excluding hydrogens is 265 g/mol. The van der Waals surface area contributed by atoms with Crippen LogP contribution in [0.4, 0.5) is 4.39 Å². The Hall–Kier alpha value is -2.16. The van der Waals surface area contributed by atoms with E-state index in [-0.39, 0.29) is 17.6 Å². The Morgan fingerprint density at radius 2 is 1.76 bits per heavy atom. The van der Waals surface area contributed by atoms with Crippen molar-refractivity contribution in [1.29, 1.82) is 0 Å². The molecule has 1 fully saturated rings. The predicted molar refractivity (Wildman–Crippen MR) is 80.2 cm³/mol. The number of carbonyl (C=O) groups is 1. The molecule has 0 aromatic heterocycles. The third-order valence-electron chi connectivity index (χ3n) is 4.02. The average molecular weight is 283 g/mol. The molecule has 0 spiro atoms. The Labute approximate surface area is 124 Å². The van der Waals surface area contributed by atoms with Gasteiger partial charge in [-0.3, -0.25) is 4.79 Å². The highest BCUT2D eigenvalue weighted by molar-refractivity contribution is 5.84. The second-order valence-electron chi connectivity index (χ2n) is 5.49. The summed E-state index contributed by atoms with van der Waals surface area (Å²) in [6.45, 7) is 1.45. The number of halogens is 1. The van der Waals surface area contributed by atoms with Crippen molar-refractivity contribution in [2.45, 2.75) is 25.3 Å². The molecule has 1 atom stereocenters. The summed E-state index contributed by atoms with van der Waals surface area (Å²) in [4.78, 5) is 14.6. The van der Waals surface area contributed by atoms with Crippen molar-refractivity contribution in [2.24, 2.45) is 0 Å². The van der Waals surface area contributed by atoms with Gasteiger partial charge in [-0.15, -0.1) is 0 Å². The molecule has 0 aliphatic carbocycles. The molecule has 2 aromatic rings. The molecule has 3 rings (SSSR count). The first-order chi connectivity index (χ1) is 10.2. The van der Waals surface area contributed by atoms with Crippen LogP contribution in [0.5, 0.6) is 0 Å². The zero-order valence-electron chi connectivity index (χ0n) is 11.8. The monoisotopic (exact) mass is 283 g/mol. The number of carbonyl (C=O) groups excluding carboxylic acids is 1. The van der Waals surface area contributed by atoms with Crippen LogP contribution in [0.3, 0.4) is 0 Å². The van der Waals surface area contributed by atoms with E-state index in [1.807, 2.05) is 35.2 Å². The fourth-order valence-electron chi connectivity index (χ4n) is 2.91. The van der Waals surface area contributed by atoms with Crippen LogP contribution in [0.25, 0.3) is 0 Å². The normalized spacial score (nSPS) is 18.8. The maximum Gasteiger partial charge on any atom is 0.230 e. The number of piperidine rings is 1. The summed E-state index contributed by atoms with van der Waals surface area (Å²) in [6.07, 6.45) is 1.83. The minimum absolute atomic E-state index is 0.136. The van der Waals surface area contributed by atoms with Crippen LogP contribution in [0, 0.1) is 5.82 Å². The van der Waals surface area contributed by atoms with E-state index in [0.717, 1.165) is 30.5 Å². The molecule has 0 saturated carbocycles. The molecular formula is C18H18FNO. The first-order valence-corrected chi connectivity index (χ1v) is 7.32. The van der Waals surface area contributed by atoms with Gasteiger partial charge >= 0.3 is 0 Å². The number of nitrogens with zero attached hydrogens (tertiary/aromatic N) is 1. The molecule has 2 aromatic carbocycles. The van der Waals surface area contributed by atoms with Gasteiger partial charge in [0.1, 0.15) is 5.82 Å². The third kappa shape index (κ3) is 3.13. The predicted octanol–water partition coefficient (Wildman–Crippen LogP) is 3.73. The SMILES string of the molecule is O=C1[C@@H](c2ccc(F)cc2)CCCN1Cc1ccccc1. The van der Waals surface area contributed by atoms with E-state index >= 15 is 0 Å². The molecule has 1 heterocycles. The van der Waals surface area contributed by atoms with Crippen molar-refractivity contribution in [3.8, 4) is 0 Å². The van der Waals surface area contributed by atoms with E-state index in [4.69, 9.17) is 0 Å². The first-order valence-electron chi connectivity index (χ1n) is 7.32. The highest BCUT2D eigenvalue weighted by atomic mass is 19.1. The molecule has 1 aliphatic rings. The number of benzene rings is 2. The highest BCUT2D eigenvalue weighted by Gasteiger charge is 2.29. The van der Waals surface area contributed by atoms with Crippen LogP contribution < -0.4 is 0 Å². The summed E-state index contributed by atoms with van der Waals surface area (Å²) in [6, 6.07) is 16.3. The minimum atomic E-state index is -0.261. The van der Waals surface area contributed by atoms with Crippen LogP contribution in [0.2, 0.25) is 0 Å². The van der Waals surface area contributed by atoms with Crippen LogP contribution in [0.1, 0.15) is 29.9 Å². The van der Waals surface area contributed by atoms with Gasteiger partial charge in [-0.25, -0.2) is 4.39 Å². The standard InChI is InChI=1S/C18H18FNO/c19-16-10-8-15(9-11-16)17-7-4-12-20(18(17)21)13-14-5-2-1-3-6-14/h1-3,5-6,8-11,17H,4,7,12-13H2/t17-/m1/s1. The Morgan fingerprint density at radius 3 is 2.48 bits per heavy atom. The van der Waals surface area contributed by atoms with Crippen molar-refractivity contribution in [3.05, 3.63) is 71.5 Å². The van der Waals surface area contributed by atoms with Crippen LogP contribution in [-0.4, -0.2) is 17.4 Å². The van der Waals surface area contributed by atoms with Crippen molar-refractivity contribution in [3.63, 3.8) is 0 Å². The molecule has 3 heteroatoms. The van der Waals surface area contributed by atoms with E-state index in [2.05, 4.69) is 0 Å². The molecule has 1 saturated heterocycles. The van der Waals surface area contributed by atoms with Crippen molar-refractivity contribution in [1.82, 2.24) is 4.90 Å². The molecule has 0 radical (unpaired) electrons. The molecule has 0 bridgehead atoms. The largest absolute Gasteiger partial charge is 0.338 e. The fourth-order valence-corrected chi connectivity index (χ4v) is 2.91. The topological polar surface area (TPSA) is 20.3 Å². The maximum absolute atomic E-state index is 13.0. The third-order valence-corrected chi connectivity index (χ3v) is 4.02. The van der Waals surface area contributed by atoms with E-state index in [0.29, 0.717) is 6.54 Å². The number of hydrogen-bond donors (Lipinski definition) is 0. The van der Waals surface area contributed by atoms with Crippen molar-refractivity contribution in [2.75, 3.05) is 6.54 Å². The van der Waals surface area contributed by atoms with Crippen LogP contribution in [0.15, 0.2) is 54.6 Å². The van der Waals surface area contributed by atoms with Crippen molar-refractivity contribution < 1.29 is 9.18 Å². The lowest BCUT2D eigenvalue weighted by atomic mass is 9.89. The zero-order chi connectivity index (χ0) is 14.7. The van der Waals surface area contributed by atoms with Gasteiger partial charge in [-0.1, -0.05) is 42.5 Å². The molecule has 21 heavy (non-hydrogen) atoms. The summed E-state index contributed by atoms with van der Waals surface area (Å²) < 4.78 is 13.0. The molecule has 2 nitrogen and oxygen atoms in total.